The van der Waals surface area contributed by atoms with E-state index < -0.39 is 0 Å². The highest BCUT2D eigenvalue weighted by Crippen LogP contribution is 2.32. The summed E-state index contributed by atoms with van der Waals surface area (Å²) < 4.78 is 0. The number of nitrogens with one attached hydrogen (secondary N) is 2. The molecule has 1 aliphatic carbocycles. The molecular formula is C22H29N3O2. The van der Waals surface area contributed by atoms with E-state index in [1.165, 1.54) is 16.5 Å². The van der Waals surface area contributed by atoms with Crippen LogP contribution in [0.15, 0.2) is 12.1 Å². The number of aromatic nitrogens is 1. The Kier molecular flexibility index (Phi) is 4.70. The monoisotopic (exact) mass is 367 g/mol. The van der Waals surface area contributed by atoms with E-state index in [0.29, 0.717) is 13.0 Å². The minimum Gasteiger partial charge on any atom is -0.358 e. The Morgan fingerprint density at radius 2 is 1.89 bits per heavy atom. The van der Waals surface area contributed by atoms with Gasteiger partial charge in [0.15, 0.2) is 0 Å². The standard InChI is InChI=1S/C22H29N3O2/c1-13-6-7-14(2)21-20(13)18(15(3)23-21)11-19(26)24-17-5-4-10-25(12-17)22(27)16-8-9-16/h6-7,16-17,23H,4-5,8-12H2,1-3H3,(H,24,26)/t17-/m1/s1. The molecule has 2 fully saturated rings. The molecular weight excluding hydrogens is 338 g/mol. The maximum atomic E-state index is 12.8. The van der Waals surface area contributed by atoms with Gasteiger partial charge in [-0.2, -0.15) is 0 Å². The highest BCUT2D eigenvalue weighted by atomic mass is 16.2. The smallest absolute Gasteiger partial charge is 0.225 e. The van der Waals surface area contributed by atoms with Crippen LogP contribution in [-0.4, -0.2) is 40.8 Å². The molecule has 2 N–H and O–H groups in total. The molecule has 0 radical (unpaired) electrons. The predicted molar refractivity (Wildman–Crippen MR) is 107 cm³/mol. The summed E-state index contributed by atoms with van der Waals surface area (Å²) in [6.07, 6.45) is 4.36. The summed E-state index contributed by atoms with van der Waals surface area (Å²) in [5.41, 5.74) is 5.68. The second kappa shape index (κ2) is 7.02. The van der Waals surface area contributed by atoms with Crippen molar-refractivity contribution in [2.45, 2.75) is 58.9 Å². The van der Waals surface area contributed by atoms with Gasteiger partial charge in [-0.25, -0.2) is 0 Å². The third kappa shape index (κ3) is 3.60. The zero-order valence-corrected chi connectivity index (χ0v) is 16.5. The van der Waals surface area contributed by atoms with E-state index in [1.807, 2.05) is 11.8 Å². The fourth-order valence-electron chi connectivity index (χ4n) is 4.36. The van der Waals surface area contributed by atoms with Crippen molar-refractivity contribution in [1.29, 1.82) is 0 Å². The summed E-state index contributed by atoms with van der Waals surface area (Å²) >= 11 is 0. The molecule has 1 aliphatic heterocycles. The number of rotatable bonds is 4. The molecule has 27 heavy (non-hydrogen) atoms. The van der Waals surface area contributed by atoms with Crippen LogP contribution in [0.25, 0.3) is 10.9 Å². The van der Waals surface area contributed by atoms with Crippen molar-refractivity contribution in [2.75, 3.05) is 13.1 Å². The van der Waals surface area contributed by atoms with Crippen LogP contribution >= 0.6 is 0 Å². The highest BCUT2D eigenvalue weighted by molar-refractivity contribution is 5.94. The molecule has 1 saturated heterocycles. The SMILES string of the molecule is Cc1[nH]c2c(C)ccc(C)c2c1CC(=O)N[C@@H]1CCCN(C(=O)C2CC2)C1. The van der Waals surface area contributed by atoms with Crippen LogP contribution in [0.2, 0.25) is 0 Å². The second-order valence-corrected chi connectivity index (χ2v) is 8.32. The van der Waals surface area contributed by atoms with Gasteiger partial charge in [0, 0.05) is 41.6 Å². The number of fused-ring (bicyclic) bond motifs is 1. The topological polar surface area (TPSA) is 65.2 Å². The molecule has 1 saturated carbocycles. The van der Waals surface area contributed by atoms with Crippen molar-refractivity contribution in [3.63, 3.8) is 0 Å². The Bertz CT molecular complexity index is 895. The first kappa shape index (κ1) is 18.1. The lowest BCUT2D eigenvalue weighted by molar-refractivity contribution is -0.134. The number of benzene rings is 1. The van der Waals surface area contributed by atoms with Gasteiger partial charge in [0.1, 0.15) is 0 Å². The van der Waals surface area contributed by atoms with E-state index >= 15 is 0 Å². The molecule has 2 aromatic rings. The first-order chi connectivity index (χ1) is 12.9. The quantitative estimate of drug-likeness (QED) is 0.872. The van der Waals surface area contributed by atoms with E-state index in [9.17, 15) is 9.59 Å². The minimum absolute atomic E-state index is 0.0469. The maximum absolute atomic E-state index is 12.8. The molecule has 2 aliphatic rings. The summed E-state index contributed by atoms with van der Waals surface area (Å²) in [5.74, 6) is 0.581. The zero-order chi connectivity index (χ0) is 19.1. The average Bonchev–Trinajstić information content (AvgIpc) is 3.43. The van der Waals surface area contributed by atoms with Gasteiger partial charge in [-0.15, -0.1) is 0 Å². The third-order valence-electron chi connectivity index (χ3n) is 6.05. The van der Waals surface area contributed by atoms with Gasteiger partial charge < -0.3 is 15.2 Å². The van der Waals surface area contributed by atoms with E-state index in [2.05, 4.69) is 36.3 Å². The van der Waals surface area contributed by atoms with Gasteiger partial charge in [0.05, 0.1) is 6.42 Å². The zero-order valence-electron chi connectivity index (χ0n) is 16.5. The minimum atomic E-state index is 0.0469. The largest absolute Gasteiger partial charge is 0.358 e. The van der Waals surface area contributed by atoms with Crippen LogP contribution in [0.3, 0.4) is 0 Å². The number of piperidine rings is 1. The van der Waals surface area contributed by atoms with Crippen LogP contribution in [0.4, 0.5) is 0 Å². The van der Waals surface area contributed by atoms with E-state index in [0.717, 1.165) is 49.0 Å². The normalized spacial score (nSPS) is 20.1. The molecule has 5 heteroatoms. The number of aryl methyl sites for hydroxylation is 3. The lowest BCUT2D eigenvalue weighted by atomic mass is 10.00. The van der Waals surface area contributed by atoms with Crippen LogP contribution in [0.1, 0.15) is 48.1 Å². The van der Waals surface area contributed by atoms with Crippen molar-refractivity contribution in [1.82, 2.24) is 15.2 Å². The number of aromatic amines is 1. The number of likely N-dealkylation sites (tertiary alicyclic amines) is 1. The van der Waals surface area contributed by atoms with Crippen molar-refractivity contribution in [3.05, 3.63) is 34.5 Å². The Morgan fingerprint density at radius 3 is 2.63 bits per heavy atom. The highest BCUT2D eigenvalue weighted by Gasteiger charge is 2.35. The third-order valence-corrected chi connectivity index (χ3v) is 6.05. The van der Waals surface area contributed by atoms with Gasteiger partial charge in [-0.05, 0) is 63.1 Å². The fraction of sp³-hybridized carbons (Fsp3) is 0.545. The van der Waals surface area contributed by atoms with Crippen molar-refractivity contribution >= 4 is 22.7 Å². The van der Waals surface area contributed by atoms with Gasteiger partial charge in [-0.3, -0.25) is 9.59 Å². The Morgan fingerprint density at radius 1 is 1.15 bits per heavy atom. The summed E-state index contributed by atoms with van der Waals surface area (Å²) in [7, 11) is 0. The molecule has 0 spiro atoms. The number of amides is 2. The number of nitrogens with zero attached hydrogens (tertiary/aromatic N) is 1. The summed E-state index contributed by atoms with van der Waals surface area (Å²) in [6.45, 7) is 7.72. The van der Waals surface area contributed by atoms with Crippen LogP contribution in [0.5, 0.6) is 0 Å². The van der Waals surface area contributed by atoms with E-state index in [4.69, 9.17) is 0 Å². The predicted octanol–water partition coefficient (Wildman–Crippen LogP) is 3.15. The van der Waals surface area contributed by atoms with Crippen LogP contribution < -0.4 is 5.32 Å². The lowest BCUT2D eigenvalue weighted by Crippen LogP contribution is -2.50. The van der Waals surface area contributed by atoms with Crippen LogP contribution in [-0.2, 0) is 16.0 Å². The second-order valence-electron chi connectivity index (χ2n) is 8.32. The molecule has 2 amide bonds. The number of carbonyl (C=O) groups excluding carboxylic acids is 2. The van der Waals surface area contributed by atoms with Crippen molar-refractivity contribution in [2.24, 2.45) is 5.92 Å². The van der Waals surface area contributed by atoms with Crippen LogP contribution in [0, 0.1) is 26.7 Å². The molecule has 5 nitrogen and oxygen atoms in total. The average molecular weight is 367 g/mol. The fourth-order valence-corrected chi connectivity index (χ4v) is 4.36. The molecule has 1 aromatic heterocycles. The molecule has 1 aromatic carbocycles. The van der Waals surface area contributed by atoms with Gasteiger partial charge in [0.25, 0.3) is 0 Å². The summed E-state index contributed by atoms with van der Waals surface area (Å²) in [4.78, 5) is 30.5. The van der Waals surface area contributed by atoms with Crippen molar-refractivity contribution in [3.8, 4) is 0 Å². The molecule has 0 unspecified atom stereocenters. The van der Waals surface area contributed by atoms with Gasteiger partial charge in [0.2, 0.25) is 11.8 Å². The number of carbonyl (C=O) groups is 2. The summed E-state index contributed by atoms with van der Waals surface area (Å²) in [6, 6.07) is 4.31. The Balaban J connectivity index is 1.45. The molecule has 144 valence electrons. The Labute approximate surface area is 160 Å². The molecule has 4 rings (SSSR count). The van der Waals surface area contributed by atoms with Gasteiger partial charge in [-0.1, -0.05) is 12.1 Å². The van der Waals surface area contributed by atoms with Crippen molar-refractivity contribution < 1.29 is 9.59 Å². The molecule has 0 bridgehead atoms. The number of H-pyrrole nitrogens is 1. The van der Waals surface area contributed by atoms with E-state index in [-0.39, 0.29) is 23.8 Å². The number of hydrogen-bond donors (Lipinski definition) is 2. The maximum Gasteiger partial charge on any atom is 0.225 e. The lowest BCUT2D eigenvalue weighted by Gasteiger charge is -2.33. The number of hydrogen-bond acceptors (Lipinski definition) is 2. The van der Waals surface area contributed by atoms with E-state index in [1.54, 1.807) is 0 Å². The summed E-state index contributed by atoms with van der Waals surface area (Å²) in [5, 5.41) is 4.36. The Hall–Kier alpha value is -2.30. The molecule has 2 heterocycles. The first-order valence-electron chi connectivity index (χ1n) is 10.1. The molecule has 1 atom stereocenters. The first-order valence-corrected chi connectivity index (χ1v) is 10.1. The van der Waals surface area contributed by atoms with Gasteiger partial charge >= 0.3 is 0 Å².